The van der Waals surface area contributed by atoms with E-state index in [-0.39, 0.29) is 24.4 Å². The normalized spacial score (nSPS) is 13.9. The second-order valence-corrected chi connectivity index (χ2v) is 10.9. The molecule has 9 nitrogen and oxygen atoms in total. The van der Waals surface area contributed by atoms with Crippen LogP contribution in [0.5, 0.6) is 5.75 Å². The zero-order valence-electron chi connectivity index (χ0n) is 21.8. The van der Waals surface area contributed by atoms with Gasteiger partial charge in [-0.25, -0.2) is 15.2 Å². The van der Waals surface area contributed by atoms with Gasteiger partial charge in [-0.2, -0.15) is 5.26 Å². The average molecular weight is 538 g/mol. The summed E-state index contributed by atoms with van der Waals surface area (Å²) in [5.74, 6) is 6.13. The van der Waals surface area contributed by atoms with Gasteiger partial charge in [0.2, 0.25) is 0 Å². The fourth-order valence-electron chi connectivity index (χ4n) is 4.32. The predicted molar refractivity (Wildman–Crippen MR) is 146 cm³/mol. The number of halogens is 1. The molecule has 0 spiro atoms. The molecular formula is C27H33FN7O2P. The number of amides is 1. The van der Waals surface area contributed by atoms with Crippen molar-refractivity contribution in [2.75, 3.05) is 7.11 Å². The summed E-state index contributed by atoms with van der Waals surface area (Å²) in [6, 6.07) is 7.33. The van der Waals surface area contributed by atoms with Crippen molar-refractivity contribution >= 4 is 26.1 Å². The highest BCUT2D eigenvalue weighted by Crippen LogP contribution is 2.41. The van der Waals surface area contributed by atoms with E-state index in [1.807, 2.05) is 24.4 Å². The summed E-state index contributed by atoms with van der Waals surface area (Å²) < 4.78 is 21.4. The third-order valence-corrected chi connectivity index (χ3v) is 7.13. The van der Waals surface area contributed by atoms with Crippen LogP contribution in [0.15, 0.2) is 42.5 Å². The summed E-state index contributed by atoms with van der Waals surface area (Å²) in [5.41, 5.74) is 9.32. The van der Waals surface area contributed by atoms with Crippen molar-refractivity contribution in [3.8, 4) is 11.8 Å². The number of methoxy groups -OCH3 is 1. The SMILES string of the molecule is COc1ccc(F)c(CNC(=O)/C(N)=C/N(N)Cc2cn3cc(C4CC4)cc(CC(C)(C)C#N)c3n2)c1P. The number of fused-ring (bicyclic) bond motifs is 1. The van der Waals surface area contributed by atoms with E-state index in [0.717, 1.165) is 11.2 Å². The summed E-state index contributed by atoms with van der Waals surface area (Å²) in [5, 5.41) is 14.0. The number of rotatable bonds is 10. The van der Waals surface area contributed by atoms with Gasteiger partial charge in [-0.1, -0.05) is 6.07 Å². The molecule has 2 aromatic heterocycles. The third-order valence-electron chi connectivity index (χ3n) is 6.50. The number of hydrogen-bond acceptors (Lipinski definition) is 7. The first-order chi connectivity index (χ1) is 18.0. The fourth-order valence-corrected chi connectivity index (χ4v) is 4.77. The smallest absolute Gasteiger partial charge is 0.268 e. The van der Waals surface area contributed by atoms with Gasteiger partial charge in [0.25, 0.3) is 5.91 Å². The highest BCUT2D eigenvalue weighted by atomic mass is 31.0. The van der Waals surface area contributed by atoms with Crippen molar-refractivity contribution in [2.24, 2.45) is 17.0 Å². The molecular weight excluding hydrogens is 504 g/mol. The lowest BCUT2D eigenvalue weighted by molar-refractivity contribution is -0.117. The van der Waals surface area contributed by atoms with Crippen LogP contribution >= 0.6 is 9.24 Å². The van der Waals surface area contributed by atoms with Crippen LogP contribution in [0.1, 0.15) is 55.0 Å². The summed E-state index contributed by atoms with van der Waals surface area (Å²) in [6.45, 7) is 3.97. The van der Waals surface area contributed by atoms with Crippen molar-refractivity contribution in [1.29, 1.82) is 5.26 Å². The molecule has 3 aromatic rings. The zero-order valence-corrected chi connectivity index (χ0v) is 22.9. The molecule has 5 N–H and O–H groups in total. The summed E-state index contributed by atoms with van der Waals surface area (Å²) >= 11 is 0. The predicted octanol–water partition coefficient (Wildman–Crippen LogP) is 2.74. The van der Waals surface area contributed by atoms with Gasteiger partial charge >= 0.3 is 0 Å². The molecule has 1 fully saturated rings. The number of nitrogens with zero attached hydrogens (tertiary/aromatic N) is 4. The number of imidazole rings is 1. The number of ether oxygens (including phenoxy) is 1. The minimum absolute atomic E-state index is 0.0720. The Morgan fingerprint density at radius 2 is 2.16 bits per heavy atom. The Bertz CT molecular complexity index is 1440. The molecule has 1 unspecified atom stereocenters. The Balaban J connectivity index is 1.47. The maximum atomic E-state index is 14.3. The Labute approximate surface area is 223 Å². The number of aromatic nitrogens is 2. The molecule has 4 rings (SSSR count). The van der Waals surface area contributed by atoms with E-state index in [4.69, 9.17) is 21.3 Å². The number of nitriles is 1. The van der Waals surface area contributed by atoms with Gasteiger partial charge in [0.05, 0.1) is 30.8 Å². The number of nitrogens with two attached hydrogens (primary N) is 2. The van der Waals surface area contributed by atoms with Gasteiger partial charge in [-0.3, -0.25) is 4.79 Å². The Hall–Kier alpha value is -3.67. The maximum Gasteiger partial charge on any atom is 0.268 e. The van der Waals surface area contributed by atoms with Gasteiger partial charge in [-0.15, -0.1) is 9.24 Å². The van der Waals surface area contributed by atoms with Crippen molar-refractivity contribution in [3.63, 3.8) is 0 Å². The monoisotopic (exact) mass is 537 g/mol. The quantitative estimate of drug-likeness (QED) is 0.157. The molecule has 0 bridgehead atoms. The number of hydrogen-bond donors (Lipinski definition) is 3. The van der Waals surface area contributed by atoms with Crippen molar-refractivity contribution < 1.29 is 13.9 Å². The van der Waals surface area contributed by atoms with Gasteiger partial charge in [0.1, 0.15) is 22.9 Å². The summed E-state index contributed by atoms with van der Waals surface area (Å²) in [7, 11) is 3.91. The zero-order chi connectivity index (χ0) is 27.6. The molecule has 0 aliphatic heterocycles. The van der Waals surface area contributed by atoms with Gasteiger partial charge in [0.15, 0.2) is 0 Å². The largest absolute Gasteiger partial charge is 0.496 e. The van der Waals surface area contributed by atoms with Crippen LogP contribution in [0.25, 0.3) is 5.65 Å². The van der Waals surface area contributed by atoms with E-state index >= 15 is 0 Å². The average Bonchev–Trinajstić information content (AvgIpc) is 3.63. The molecule has 0 saturated heterocycles. The topological polar surface area (TPSA) is 135 Å². The molecule has 1 aliphatic rings. The van der Waals surface area contributed by atoms with E-state index in [0.29, 0.717) is 29.1 Å². The lowest BCUT2D eigenvalue weighted by Crippen LogP contribution is -2.33. The summed E-state index contributed by atoms with van der Waals surface area (Å²) in [6.07, 6.45) is 8.22. The fraction of sp³-hybridized carbons (Fsp3) is 0.370. The van der Waals surface area contributed by atoms with Crippen molar-refractivity contribution in [2.45, 2.75) is 52.1 Å². The number of nitrogens with one attached hydrogen (secondary N) is 1. The first kappa shape index (κ1) is 27.4. The lowest BCUT2D eigenvalue weighted by Gasteiger charge is -2.16. The van der Waals surface area contributed by atoms with E-state index in [9.17, 15) is 14.4 Å². The van der Waals surface area contributed by atoms with E-state index < -0.39 is 17.1 Å². The second-order valence-electron chi connectivity index (χ2n) is 10.3. The first-order valence-electron chi connectivity index (χ1n) is 12.3. The molecule has 1 aliphatic carbocycles. The highest BCUT2D eigenvalue weighted by Gasteiger charge is 2.27. The van der Waals surface area contributed by atoms with Crippen LogP contribution in [0.2, 0.25) is 0 Å². The van der Waals surface area contributed by atoms with E-state index in [1.54, 1.807) is 0 Å². The Morgan fingerprint density at radius 3 is 2.82 bits per heavy atom. The molecule has 38 heavy (non-hydrogen) atoms. The number of carbonyl (C=O) groups excluding carboxylic acids is 1. The number of carbonyl (C=O) groups is 1. The van der Waals surface area contributed by atoms with E-state index in [1.165, 1.54) is 48.9 Å². The first-order valence-corrected chi connectivity index (χ1v) is 12.9. The van der Waals surface area contributed by atoms with Crippen LogP contribution in [0.3, 0.4) is 0 Å². The molecule has 1 amide bonds. The molecule has 1 saturated carbocycles. The van der Waals surface area contributed by atoms with Crippen molar-refractivity contribution in [1.82, 2.24) is 19.7 Å². The van der Waals surface area contributed by atoms with E-state index in [2.05, 4.69) is 32.9 Å². The molecule has 200 valence electrons. The Morgan fingerprint density at radius 1 is 1.42 bits per heavy atom. The highest BCUT2D eigenvalue weighted by molar-refractivity contribution is 7.28. The molecule has 0 radical (unpaired) electrons. The molecule has 1 atom stereocenters. The van der Waals surface area contributed by atoms with Gasteiger partial charge < -0.3 is 25.2 Å². The van der Waals surface area contributed by atoms with Crippen LogP contribution in [-0.2, 0) is 24.3 Å². The van der Waals surface area contributed by atoms with Gasteiger partial charge in [0, 0.05) is 36.0 Å². The minimum atomic E-state index is -0.586. The van der Waals surface area contributed by atoms with Crippen LogP contribution in [0, 0.1) is 22.6 Å². The maximum absolute atomic E-state index is 14.3. The third kappa shape index (κ3) is 6.24. The van der Waals surface area contributed by atoms with Crippen molar-refractivity contribution in [3.05, 3.63) is 70.7 Å². The minimum Gasteiger partial charge on any atom is -0.496 e. The number of pyridine rings is 1. The second kappa shape index (κ2) is 11.0. The van der Waals surface area contributed by atoms with Crippen LogP contribution in [0.4, 0.5) is 4.39 Å². The number of hydrazine groups is 1. The Kier molecular flexibility index (Phi) is 7.91. The molecule has 2 heterocycles. The standard InChI is InChI=1S/C27H33FN7O2P/c1-27(2,15-29)9-17-8-18(16-4-5-16)11-34-12-19(33-25(17)34)13-35(31)14-22(30)26(36)32-10-20-21(28)6-7-23(37-3)24(20)38/h6-8,11-12,14,16H,4-5,9-10,13,30-31,38H2,1-3H3,(H,32,36)/b22-14-. The van der Waals surface area contributed by atoms with Crippen LogP contribution in [-0.4, -0.2) is 27.4 Å². The number of benzene rings is 1. The van der Waals surface area contributed by atoms with Gasteiger partial charge in [-0.05, 0) is 62.3 Å². The van der Waals surface area contributed by atoms with Crippen LogP contribution < -0.4 is 26.9 Å². The molecule has 11 heteroatoms. The lowest BCUT2D eigenvalue weighted by atomic mass is 9.87. The molecule has 1 aromatic carbocycles. The summed E-state index contributed by atoms with van der Waals surface area (Å²) in [4.78, 5) is 17.3.